The zero-order valence-electron chi connectivity index (χ0n) is 13.4. The molecule has 3 heteroatoms. The molecule has 0 aliphatic heterocycles. The second kappa shape index (κ2) is 7.64. The standard InChI is InChI=1S/C19H22O3/c1-4-5-11-21-17-8-6-7-16(13-17)19(20)22-18-12-14(2)9-10-15(18)3/h6-10,12-13H,4-5,11H2,1-3H3. The largest absolute Gasteiger partial charge is 0.494 e. The van der Waals surface area contributed by atoms with Crippen molar-refractivity contribution in [3.05, 3.63) is 59.2 Å². The molecule has 3 nitrogen and oxygen atoms in total. The molecule has 22 heavy (non-hydrogen) atoms. The molecule has 0 amide bonds. The number of hydrogen-bond acceptors (Lipinski definition) is 3. The summed E-state index contributed by atoms with van der Waals surface area (Å²) < 4.78 is 11.1. The van der Waals surface area contributed by atoms with Gasteiger partial charge >= 0.3 is 5.97 Å². The normalized spacial score (nSPS) is 10.3. The summed E-state index contributed by atoms with van der Waals surface area (Å²) in [6.07, 6.45) is 2.07. The van der Waals surface area contributed by atoms with Gasteiger partial charge in [0, 0.05) is 0 Å². The van der Waals surface area contributed by atoms with Crippen molar-refractivity contribution in [1.29, 1.82) is 0 Å². The van der Waals surface area contributed by atoms with Gasteiger partial charge in [0.15, 0.2) is 0 Å². The molecule has 0 radical (unpaired) electrons. The molecule has 0 N–H and O–H groups in total. The number of benzene rings is 2. The topological polar surface area (TPSA) is 35.5 Å². The Hall–Kier alpha value is -2.29. The minimum absolute atomic E-state index is 0.366. The van der Waals surface area contributed by atoms with E-state index in [4.69, 9.17) is 9.47 Å². The van der Waals surface area contributed by atoms with Crippen LogP contribution in [0.1, 0.15) is 41.3 Å². The Kier molecular flexibility index (Phi) is 5.59. The van der Waals surface area contributed by atoms with E-state index in [1.54, 1.807) is 18.2 Å². The van der Waals surface area contributed by atoms with Crippen LogP contribution in [-0.4, -0.2) is 12.6 Å². The molecule has 0 aromatic heterocycles. The van der Waals surface area contributed by atoms with E-state index >= 15 is 0 Å². The first-order valence-corrected chi connectivity index (χ1v) is 7.62. The molecule has 0 fully saturated rings. The van der Waals surface area contributed by atoms with Gasteiger partial charge in [-0.3, -0.25) is 0 Å². The Morgan fingerprint density at radius 3 is 2.68 bits per heavy atom. The quantitative estimate of drug-likeness (QED) is 0.440. The van der Waals surface area contributed by atoms with Crippen LogP contribution in [0.2, 0.25) is 0 Å². The number of carbonyl (C=O) groups is 1. The van der Waals surface area contributed by atoms with E-state index < -0.39 is 0 Å². The fraction of sp³-hybridized carbons (Fsp3) is 0.316. The predicted molar refractivity (Wildman–Crippen MR) is 87.7 cm³/mol. The lowest BCUT2D eigenvalue weighted by atomic mass is 10.1. The highest BCUT2D eigenvalue weighted by Crippen LogP contribution is 2.21. The van der Waals surface area contributed by atoms with Crippen LogP contribution in [0.15, 0.2) is 42.5 Å². The molecule has 0 aliphatic carbocycles. The van der Waals surface area contributed by atoms with Gasteiger partial charge < -0.3 is 9.47 Å². The summed E-state index contributed by atoms with van der Waals surface area (Å²) in [5.41, 5.74) is 2.49. The van der Waals surface area contributed by atoms with Crippen LogP contribution in [0.5, 0.6) is 11.5 Å². The number of ether oxygens (including phenoxy) is 2. The van der Waals surface area contributed by atoms with Gasteiger partial charge in [-0.15, -0.1) is 0 Å². The molecule has 0 bridgehead atoms. The number of unbranched alkanes of at least 4 members (excludes halogenated alkanes) is 1. The summed E-state index contributed by atoms with van der Waals surface area (Å²) in [5.74, 6) is 0.931. The summed E-state index contributed by atoms with van der Waals surface area (Å²) in [6, 6.07) is 12.9. The molecule has 0 aliphatic rings. The van der Waals surface area contributed by atoms with Gasteiger partial charge in [0.1, 0.15) is 11.5 Å². The molecular formula is C19H22O3. The molecule has 2 rings (SSSR count). The van der Waals surface area contributed by atoms with E-state index in [0.717, 1.165) is 24.0 Å². The molecule has 0 heterocycles. The number of rotatable bonds is 6. The van der Waals surface area contributed by atoms with Crippen molar-refractivity contribution in [3.8, 4) is 11.5 Å². The van der Waals surface area contributed by atoms with Crippen LogP contribution < -0.4 is 9.47 Å². The third-order valence-corrected chi connectivity index (χ3v) is 3.38. The summed E-state index contributed by atoms with van der Waals surface area (Å²) in [5, 5.41) is 0. The summed E-state index contributed by atoms with van der Waals surface area (Å²) >= 11 is 0. The van der Waals surface area contributed by atoms with Crippen LogP contribution in [0, 0.1) is 13.8 Å². The van der Waals surface area contributed by atoms with Gasteiger partial charge in [0.25, 0.3) is 0 Å². The minimum atomic E-state index is -0.366. The van der Waals surface area contributed by atoms with Crippen molar-refractivity contribution in [1.82, 2.24) is 0 Å². The highest BCUT2D eigenvalue weighted by Gasteiger charge is 2.11. The predicted octanol–water partition coefficient (Wildman–Crippen LogP) is 4.70. The zero-order chi connectivity index (χ0) is 15.9. The monoisotopic (exact) mass is 298 g/mol. The molecule has 0 saturated carbocycles. The molecule has 2 aromatic rings. The fourth-order valence-corrected chi connectivity index (χ4v) is 2.02. The number of carbonyl (C=O) groups excluding carboxylic acids is 1. The third kappa shape index (κ3) is 4.35. The Balaban J connectivity index is 2.09. The Morgan fingerprint density at radius 1 is 1.09 bits per heavy atom. The highest BCUT2D eigenvalue weighted by atomic mass is 16.5. The van der Waals surface area contributed by atoms with Crippen molar-refractivity contribution in [2.75, 3.05) is 6.61 Å². The zero-order valence-corrected chi connectivity index (χ0v) is 13.4. The van der Waals surface area contributed by atoms with Crippen molar-refractivity contribution in [2.24, 2.45) is 0 Å². The van der Waals surface area contributed by atoms with Crippen LogP contribution in [0.3, 0.4) is 0 Å². The Labute approximate surface area is 131 Å². The van der Waals surface area contributed by atoms with Crippen LogP contribution in [0.4, 0.5) is 0 Å². The number of esters is 1. The van der Waals surface area contributed by atoms with Crippen molar-refractivity contribution < 1.29 is 14.3 Å². The molecule has 2 aromatic carbocycles. The first kappa shape index (κ1) is 16.1. The van der Waals surface area contributed by atoms with Crippen molar-refractivity contribution in [2.45, 2.75) is 33.6 Å². The van der Waals surface area contributed by atoms with Gasteiger partial charge in [-0.25, -0.2) is 4.79 Å². The van der Waals surface area contributed by atoms with E-state index in [2.05, 4.69) is 6.92 Å². The minimum Gasteiger partial charge on any atom is -0.494 e. The maximum Gasteiger partial charge on any atom is 0.343 e. The smallest absolute Gasteiger partial charge is 0.343 e. The van der Waals surface area contributed by atoms with Crippen LogP contribution in [-0.2, 0) is 0 Å². The maximum atomic E-state index is 12.3. The Bertz CT molecular complexity index is 647. The van der Waals surface area contributed by atoms with Crippen LogP contribution >= 0.6 is 0 Å². The van der Waals surface area contributed by atoms with E-state index in [1.807, 2.05) is 38.1 Å². The number of aryl methyl sites for hydroxylation is 2. The van der Waals surface area contributed by atoms with Crippen molar-refractivity contribution in [3.63, 3.8) is 0 Å². The SMILES string of the molecule is CCCCOc1cccc(C(=O)Oc2cc(C)ccc2C)c1. The average molecular weight is 298 g/mol. The molecule has 0 saturated heterocycles. The lowest BCUT2D eigenvalue weighted by molar-refractivity contribution is 0.0733. The van der Waals surface area contributed by atoms with E-state index in [9.17, 15) is 4.79 Å². The lowest BCUT2D eigenvalue weighted by Crippen LogP contribution is -2.09. The Morgan fingerprint density at radius 2 is 1.91 bits per heavy atom. The fourth-order valence-electron chi connectivity index (χ4n) is 2.02. The van der Waals surface area contributed by atoms with Gasteiger partial charge in [0.05, 0.1) is 12.2 Å². The van der Waals surface area contributed by atoms with Gasteiger partial charge in [-0.05, 0) is 55.7 Å². The van der Waals surface area contributed by atoms with Gasteiger partial charge in [-0.2, -0.15) is 0 Å². The van der Waals surface area contributed by atoms with Crippen LogP contribution in [0.25, 0.3) is 0 Å². The van der Waals surface area contributed by atoms with Crippen molar-refractivity contribution >= 4 is 5.97 Å². The number of hydrogen-bond donors (Lipinski definition) is 0. The molecule has 0 spiro atoms. The first-order chi connectivity index (χ1) is 10.6. The lowest BCUT2D eigenvalue weighted by Gasteiger charge is -2.10. The molecule has 0 atom stereocenters. The van der Waals surface area contributed by atoms with Gasteiger partial charge in [-0.1, -0.05) is 31.5 Å². The maximum absolute atomic E-state index is 12.3. The average Bonchev–Trinajstić information content (AvgIpc) is 2.51. The van der Waals surface area contributed by atoms with Gasteiger partial charge in [0.2, 0.25) is 0 Å². The van der Waals surface area contributed by atoms with E-state index in [1.165, 1.54) is 0 Å². The summed E-state index contributed by atoms with van der Waals surface area (Å²) in [6.45, 7) is 6.67. The summed E-state index contributed by atoms with van der Waals surface area (Å²) in [4.78, 5) is 12.3. The third-order valence-electron chi connectivity index (χ3n) is 3.38. The molecular weight excluding hydrogens is 276 g/mol. The second-order valence-corrected chi connectivity index (χ2v) is 5.39. The van der Waals surface area contributed by atoms with E-state index in [-0.39, 0.29) is 5.97 Å². The second-order valence-electron chi connectivity index (χ2n) is 5.39. The highest BCUT2D eigenvalue weighted by molar-refractivity contribution is 5.91. The summed E-state index contributed by atoms with van der Waals surface area (Å²) in [7, 11) is 0. The first-order valence-electron chi connectivity index (χ1n) is 7.62. The van der Waals surface area contributed by atoms with E-state index in [0.29, 0.717) is 23.7 Å². The molecule has 0 unspecified atom stereocenters. The molecule has 116 valence electrons.